The number of hydrogen-bond donors (Lipinski definition) is 2. The van der Waals surface area contributed by atoms with Gasteiger partial charge in [0, 0.05) is 6.04 Å². The van der Waals surface area contributed by atoms with Gasteiger partial charge in [-0.3, -0.25) is 0 Å². The Labute approximate surface area is 103 Å². The van der Waals surface area contributed by atoms with Gasteiger partial charge in [0.2, 0.25) is 10.0 Å². The maximum absolute atomic E-state index is 11.8. The van der Waals surface area contributed by atoms with Crippen LogP contribution in [0.4, 0.5) is 0 Å². The van der Waals surface area contributed by atoms with Crippen molar-refractivity contribution in [3.05, 3.63) is 35.9 Å². The molecule has 1 atom stereocenters. The Bertz CT molecular complexity index is 417. The van der Waals surface area contributed by atoms with Crippen molar-refractivity contribution in [3.63, 3.8) is 0 Å². The van der Waals surface area contributed by atoms with E-state index in [0.29, 0.717) is 6.54 Å². The fourth-order valence-corrected chi connectivity index (χ4v) is 3.07. The smallest absolute Gasteiger partial charge is 0.216 e. The average molecular weight is 256 g/mol. The van der Waals surface area contributed by atoms with Crippen LogP contribution in [0.1, 0.15) is 25.3 Å². The maximum atomic E-state index is 11.8. The van der Waals surface area contributed by atoms with Crippen LogP contribution in [0.5, 0.6) is 0 Å². The molecule has 96 valence electrons. The van der Waals surface area contributed by atoms with E-state index >= 15 is 0 Å². The van der Waals surface area contributed by atoms with Crippen LogP contribution in [0.3, 0.4) is 0 Å². The lowest BCUT2D eigenvalue weighted by Crippen LogP contribution is -2.33. The fraction of sp³-hybridized carbons (Fsp3) is 0.500. The van der Waals surface area contributed by atoms with E-state index in [4.69, 9.17) is 5.73 Å². The molecule has 0 radical (unpaired) electrons. The highest BCUT2D eigenvalue weighted by Crippen LogP contribution is 2.06. The van der Waals surface area contributed by atoms with Crippen LogP contribution in [-0.4, -0.2) is 21.0 Å². The Morgan fingerprint density at radius 2 is 1.94 bits per heavy atom. The molecule has 0 saturated heterocycles. The second kappa shape index (κ2) is 6.74. The van der Waals surface area contributed by atoms with Gasteiger partial charge in [-0.15, -0.1) is 0 Å². The van der Waals surface area contributed by atoms with Crippen molar-refractivity contribution in [2.45, 2.75) is 31.6 Å². The van der Waals surface area contributed by atoms with Crippen LogP contribution in [-0.2, 0) is 15.8 Å². The molecule has 17 heavy (non-hydrogen) atoms. The zero-order valence-electron chi connectivity index (χ0n) is 10.1. The minimum Gasteiger partial charge on any atom is -0.330 e. The maximum Gasteiger partial charge on any atom is 0.216 e. The quantitative estimate of drug-likeness (QED) is 0.771. The molecule has 5 heteroatoms. The van der Waals surface area contributed by atoms with Gasteiger partial charge in [-0.25, -0.2) is 13.1 Å². The van der Waals surface area contributed by atoms with E-state index in [1.165, 1.54) is 0 Å². The summed E-state index contributed by atoms with van der Waals surface area (Å²) in [5.41, 5.74) is 6.18. The summed E-state index contributed by atoms with van der Waals surface area (Å²) < 4.78 is 26.3. The molecule has 3 N–H and O–H groups in total. The van der Waals surface area contributed by atoms with Crippen LogP contribution in [0, 0.1) is 0 Å². The molecule has 0 aliphatic heterocycles. The van der Waals surface area contributed by atoms with Crippen molar-refractivity contribution in [2.24, 2.45) is 5.73 Å². The fourth-order valence-electron chi connectivity index (χ4n) is 1.62. The standard InChI is InChI=1S/C12H20N2O2S/c1-11(6-5-9-13)14-17(15,16)10-12-7-3-2-4-8-12/h2-4,7-8,11,14H,5-6,9-10,13H2,1H3. The Kier molecular flexibility index (Phi) is 5.61. The molecular formula is C12H20N2O2S. The number of nitrogens with two attached hydrogens (primary N) is 1. The molecule has 0 fully saturated rings. The first kappa shape index (κ1) is 14.2. The molecular weight excluding hydrogens is 236 g/mol. The summed E-state index contributed by atoms with van der Waals surface area (Å²) in [6.45, 7) is 2.45. The third-order valence-corrected chi connectivity index (χ3v) is 3.90. The van der Waals surface area contributed by atoms with Crippen LogP contribution in [0.15, 0.2) is 30.3 Å². The minimum absolute atomic E-state index is 0.0286. The largest absolute Gasteiger partial charge is 0.330 e. The van der Waals surface area contributed by atoms with E-state index in [0.717, 1.165) is 18.4 Å². The molecule has 0 bridgehead atoms. The number of hydrogen-bond acceptors (Lipinski definition) is 3. The molecule has 0 heterocycles. The van der Waals surface area contributed by atoms with Crippen molar-refractivity contribution in [1.82, 2.24) is 4.72 Å². The van der Waals surface area contributed by atoms with Gasteiger partial charge < -0.3 is 5.73 Å². The first-order valence-electron chi connectivity index (χ1n) is 5.77. The van der Waals surface area contributed by atoms with Gasteiger partial charge in [-0.2, -0.15) is 0 Å². The Morgan fingerprint density at radius 1 is 1.29 bits per heavy atom. The molecule has 0 aliphatic carbocycles. The normalized spacial score (nSPS) is 13.5. The number of nitrogens with one attached hydrogen (secondary N) is 1. The second-order valence-electron chi connectivity index (χ2n) is 4.19. The number of benzene rings is 1. The zero-order chi connectivity index (χ0) is 12.7. The van der Waals surface area contributed by atoms with E-state index in [1.54, 1.807) is 0 Å². The lowest BCUT2D eigenvalue weighted by Gasteiger charge is -2.13. The number of sulfonamides is 1. The van der Waals surface area contributed by atoms with Crippen molar-refractivity contribution in [2.75, 3.05) is 6.54 Å². The summed E-state index contributed by atoms with van der Waals surface area (Å²) in [7, 11) is -3.26. The molecule has 1 unspecified atom stereocenters. The molecule has 0 aliphatic rings. The van der Waals surface area contributed by atoms with Crippen molar-refractivity contribution in [1.29, 1.82) is 0 Å². The van der Waals surface area contributed by atoms with Gasteiger partial charge in [-0.05, 0) is 31.9 Å². The van der Waals surface area contributed by atoms with Crippen molar-refractivity contribution >= 4 is 10.0 Å². The zero-order valence-corrected chi connectivity index (χ0v) is 10.9. The predicted molar refractivity (Wildman–Crippen MR) is 70.0 cm³/mol. The second-order valence-corrected chi connectivity index (χ2v) is 5.95. The van der Waals surface area contributed by atoms with Crippen LogP contribution in [0.2, 0.25) is 0 Å². The SMILES string of the molecule is CC(CCCN)NS(=O)(=O)Cc1ccccc1. The Balaban J connectivity index is 2.52. The summed E-state index contributed by atoms with van der Waals surface area (Å²) in [6, 6.07) is 9.10. The molecule has 1 aromatic rings. The van der Waals surface area contributed by atoms with Gasteiger partial charge in [0.15, 0.2) is 0 Å². The Morgan fingerprint density at radius 3 is 2.53 bits per heavy atom. The van der Waals surface area contributed by atoms with Crippen molar-refractivity contribution < 1.29 is 8.42 Å². The van der Waals surface area contributed by atoms with Gasteiger partial charge in [0.05, 0.1) is 5.75 Å². The molecule has 1 aromatic carbocycles. The van der Waals surface area contributed by atoms with E-state index in [2.05, 4.69) is 4.72 Å². The monoisotopic (exact) mass is 256 g/mol. The summed E-state index contributed by atoms with van der Waals surface area (Å²) in [5, 5.41) is 0. The summed E-state index contributed by atoms with van der Waals surface area (Å²) >= 11 is 0. The number of rotatable bonds is 7. The summed E-state index contributed by atoms with van der Waals surface area (Å²) in [6.07, 6.45) is 1.60. The highest BCUT2D eigenvalue weighted by molar-refractivity contribution is 7.88. The first-order chi connectivity index (χ1) is 8.03. The van der Waals surface area contributed by atoms with Crippen LogP contribution < -0.4 is 10.5 Å². The van der Waals surface area contributed by atoms with E-state index in [1.807, 2.05) is 37.3 Å². The molecule has 0 saturated carbocycles. The molecule has 1 rings (SSSR count). The lowest BCUT2D eigenvalue weighted by atomic mass is 10.2. The third-order valence-electron chi connectivity index (χ3n) is 2.42. The first-order valence-corrected chi connectivity index (χ1v) is 7.43. The molecule has 0 aromatic heterocycles. The molecule has 0 spiro atoms. The molecule has 0 amide bonds. The van der Waals surface area contributed by atoms with E-state index in [-0.39, 0.29) is 11.8 Å². The summed E-state index contributed by atoms with van der Waals surface area (Å²) in [5.74, 6) is 0.0286. The van der Waals surface area contributed by atoms with Gasteiger partial charge in [0.1, 0.15) is 0 Å². The highest BCUT2D eigenvalue weighted by Gasteiger charge is 2.14. The van der Waals surface area contributed by atoms with Gasteiger partial charge >= 0.3 is 0 Å². The third kappa shape index (κ3) is 5.81. The van der Waals surface area contributed by atoms with Crippen LogP contribution >= 0.6 is 0 Å². The Hall–Kier alpha value is -0.910. The lowest BCUT2D eigenvalue weighted by molar-refractivity contribution is 0.538. The van der Waals surface area contributed by atoms with Crippen molar-refractivity contribution in [3.8, 4) is 0 Å². The minimum atomic E-state index is -3.26. The van der Waals surface area contributed by atoms with Crippen LogP contribution in [0.25, 0.3) is 0 Å². The summed E-state index contributed by atoms with van der Waals surface area (Å²) in [4.78, 5) is 0. The average Bonchev–Trinajstić information content (AvgIpc) is 2.26. The topological polar surface area (TPSA) is 72.2 Å². The highest BCUT2D eigenvalue weighted by atomic mass is 32.2. The van der Waals surface area contributed by atoms with E-state index < -0.39 is 10.0 Å². The van der Waals surface area contributed by atoms with Gasteiger partial charge in [-0.1, -0.05) is 30.3 Å². The van der Waals surface area contributed by atoms with E-state index in [9.17, 15) is 8.42 Å². The predicted octanol–water partition coefficient (Wildman–Crippen LogP) is 1.23. The van der Waals surface area contributed by atoms with Gasteiger partial charge in [0.25, 0.3) is 0 Å². The molecule has 4 nitrogen and oxygen atoms in total.